The fourth-order valence-corrected chi connectivity index (χ4v) is 3.31. The molecule has 1 atom stereocenters. The lowest BCUT2D eigenvalue weighted by Crippen LogP contribution is -2.43. The second kappa shape index (κ2) is 5.73. The normalized spacial score (nSPS) is 20.6. The molecule has 1 N–H and O–H groups in total. The summed E-state index contributed by atoms with van der Waals surface area (Å²) in [5.74, 6) is 0.697. The number of aromatic amines is 1. The van der Waals surface area contributed by atoms with Crippen LogP contribution >= 0.6 is 0 Å². The zero-order chi connectivity index (χ0) is 15.8. The molecule has 2 aromatic heterocycles. The molecular weight excluding hydrogens is 294 g/mol. The summed E-state index contributed by atoms with van der Waals surface area (Å²) in [7, 11) is 0. The maximum Gasteiger partial charge on any atom is 0.274 e. The Kier molecular flexibility index (Phi) is 3.57. The first kappa shape index (κ1) is 14.3. The highest BCUT2D eigenvalue weighted by Gasteiger charge is 2.31. The number of nitrogens with zero attached hydrogens (tertiary/aromatic N) is 4. The number of H-pyrrole nitrogens is 1. The number of hydrogen-bond donors (Lipinski definition) is 1. The van der Waals surface area contributed by atoms with Gasteiger partial charge < -0.3 is 9.64 Å². The summed E-state index contributed by atoms with van der Waals surface area (Å²) in [5.41, 5.74) is 3.61. The van der Waals surface area contributed by atoms with Crippen LogP contribution < -0.4 is 0 Å². The molecule has 1 fully saturated rings. The van der Waals surface area contributed by atoms with Crippen LogP contribution in [-0.4, -0.2) is 50.7 Å². The minimum absolute atomic E-state index is 0.0107. The lowest BCUT2D eigenvalue weighted by Gasteiger charge is -2.32. The number of amides is 1. The van der Waals surface area contributed by atoms with E-state index in [-0.39, 0.29) is 12.0 Å². The first-order chi connectivity index (χ1) is 11.2. The van der Waals surface area contributed by atoms with Gasteiger partial charge in [-0.05, 0) is 32.3 Å². The Balaban J connectivity index is 1.54. The maximum atomic E-state index is 12.8. The van der Waals surface area contributed by atoms with Crippen molar-refractivity contribution in [1.29, 1.82) is 0 Å². The van der Waals surface area contributed by atoms with Crippen LogP contribution in [0.1, 0.15) is 45.8 Å². The van der Waals surface area contributed by atoms with Gasteiger partial charge in [0.2, 0.25) is 0 Å². The molecule has 1 aliphatic heterocycles. The Labute approximate surface area is 134 Å². The molecule has 3 heterocycles. The summed E-state index contributed by atoms with van der Waals surface area (Å²) in [4.78, 5) is 23.2. The van der Waals surface area contributed by atoms with Gasteiger partial charge in [-0.15, -0.1) is 0 Å². The van der Waals surface area contributed by atoms with E-state index >= 15 is 0 Å². The largest absolute Gasteiger partial charge is 0.368 e. The molecule has 1 unspecified atom stereocenters. The van der Waals surface area contributed by atoms with Crippen LogP contribution in [0.15, 0.2) is 12.3 Å². The molecule has 23 heavy (non-hydrogen) atoms. The summed E-state index contributed by atoms with van der Waals surface area (Å²) >= 11 is 0. The molecule has 7 nitrogen and oxygen atoms in total. The molecule has 7 heteroatoms. The quantitative estimate of drug-likeness (QED) is 0.901. The topological polar surface area (TPSA) is 84.0 Å². The van der Waals surface area contributed by atoms with Crippen molar-refractivity contribution >= 4 is 5.91 Å². The number of rotatable bonds is 2. The van der Waals surface area contributed by atoms with Gasteiger partial charge in [0, 0.05) is 24.0 Å². The molecule has 1 amide bonds. The second-order valence-electron chi connectivity index (χ2n) is 6.02. The van der Waals surface area contributed by atoms with E-state index in [1.54, 1.807) is 6.20 Å². The number of ether oxygens (including phenoxy) is 1. The first-order valence-corrected chi connectivity index (χ1v) is 7.99. The summed E-state index contributed by atoms with van der Waals surface area (Å²) in [6.45, 7) is 3.44. The van der Waals surface area contributed by atoms with Crippen molar-refractivity contribution in [3.05, 3.63) is 40.7 Å². The summed E-state index contributed by atoms with van der Waals surface area (Å²) in [6, 6.07) is 1.85. The fourth-order valence-electron chi connectivity index (χ4n) is 3.31. The Bertz CT molecular complexity index is 742. The van der Waals surface area contributed by atoms with Crippen LogP contribution in [0.3, 0.4) is 0 Å². The molecule has 1 saturated heterocycles. The molecule has 2 aromatic rings. The van der Waals surface area contributed by atoms with Gasteiger partial charge in [0.25, 0.3) is 5.91 Å². The minimum atomic E-state index is -0.207. The predicted octanol–water partition coefficient (Wildman–Crippen LogP) is 1.21. The van der Waals surface area contributed by atoms with E-state index in [2.05, 4.69) is 20.2 Å². The van der Waals surface area contributed by atoms with Gasteiger partial charge >= 0.3 is 0 Å². The van der Waals surface area contributed by atoms with Crippen molar-refractivity contribution in [3.8, 4) is 0 Å². The summed E-state index contributed by atoms with van der Waals surface area (Å²) in [6.07, 6.45) is 4.53. The number of nitrogens with one attached hydrogen (secondary N) is 1. The molecule has 4 rings (SSSR count). The van der Waals surface area contributed by atoms with E-state index in [1.165, 1.54) is 0 Å². The van der Waals surface area contributed by atoms with E-state index in [9.17, 15) is 4.79 Å². The molecule has 2 aliphatic rings. The van der Waals surface area contributed by atoms with Crippen LogP contribution in [0.2, 0.25) is 0 Å². The molecule has 0 bridgehead atoms. The minimum Gasteiger partial charge on any atom is -0.368 e. The predicted molar refractivity (Wildman–Crippen MR) is 82.0 cm³/mol. The van der Waals surface area contributed by atoms with Gasteiger partial charge in [-0.25, -0.2) is 9.97 Å². The van der Waals surface area contributed by atoms with Gasteiger partial charge in [0.15, 0.2) is 5.69 Å². The summed E-state index contributed by atoms with van der Waals surface area (Å²) < 4.78 is 5.80. The molecule has 1 aliphatic carbocycles. The zero-order valence-corrected chi connectivity index (χ0v) is 13.1. The lowest BCUT2D eigenvalue weighted by molar-refractivity contribution is -0.0250. The van der Waals surface area contributed by atoms with Crippen LogP contribution in [0.4, 0.5) is 0 Å². The van der Waals surface area contributed by atoms with Crippen LogP contribution in [0.5, 0.6) is 0 Å². The number of carbonyl (C=O) groups excluding carboxylic acids is 1. The number of fused-ring (bicyclic) bond motifs is 1. The van der Waals surface area contributed by atoms with Crippen molar-refractivity contribution in [2.24, 2.45) is 0 Å². The molecule has 0 radical (unpaired) electrons. The van der Waals surface area contributed by atoms with Crippen molar-refractivity contribution in [2.45, 2.75) is 32.3 Å². The Morgan fingerprint density at radius 2 is 2.35 bits per heavy atom. The Hall–Kier alpha value is -2.28. The Morgan fingerprint density at radius 3 is 3.22 bits per heavy atom. The highest BCUT2D eigenvalue weighted by atomic mass is 16.5. The smallest absolute Gasteiger partial charge is 0.274 e. The van der Waals surface area contributed by atoms with Gasteiger partial charge in [-0.3, -0.25) is 9.89 Å². The highest BCUT2D eigenvalue weighted by Crippen LogP contribution is 2.26. The van der Waals surface area contributed by atoms with Gasteiger partial charge in [0.1, 0.15) is 11.9 Å². The maximum absolute atomic E-state index is 12.8. The van der Waals surface area contributed by atoms with Crippen molar-refractivity contribution in [3.63, 3.8) is 0 Å². The average Bonchev–Trinajstić information content (AvgIpc) is 3.18. The van der Waals surface area contributed by atoms with Crippen LogP contribution in [-0.2, 0) is 17.6 Å². The van der Waals surface area contributed by atoms with E-state index in [0.717, 1.165) is 36.2 Å². The van der Waals surface area contributed by atoms with Crippen molar-refractivity contribution < 1.29 is 9.53 Å². The number of aromatic nitrogens is 4. The first-order valence-electron chi connectivity index (χ1n) is 7.99. The lowest BCUT2D eigenvalue weighted by atomic mass is 10.1. The van der Waals surface area contributed by atoms with Gasteiger partial charge in [0.05, 0.1) is 18.8 Å². The third-order valence-corrected chi connectivity index (χ3v) is 4.49. The fraction of sp³-hybridized carbons (Fsp3) is 0.500. The standard InChI is InChI=1S/C16H19N5O2/c1-10-17-6-5-13(18-10)14-9-21(7-8-23-14)16(22)15-11-3-2-4-12(11)19-20-15/h5-6,14H,2-4,7-9H2,1H3,(H,19,20). The number of hydrogen-bond acceptors (Lipinski definition) is 5. The third kappa shape index (κ3) is 2.61. The van der Waals surface area contributed by atoms with Crippen molar-refractivity contribution in [1.82, 2.24) is 25.1 Å². The van der Waals surface area contributed by atoms with Crippen LogP contribution in [0.25, 0.3) is 0 Å². The average molecular weight is 313 g/mol. The van der Waals surface area contributed by atoms with Crippen molar-refractivity contribution in [2.75, 3.05) is 19.7 Å². The highest BCUT2D eigenvalue weighted by molar-refractivity contribution is 5.94. The molecule has 0 saturated carbocycles. The molecule has 0 spiro atoms. The number of morpholine rings is 1. The molecule has 120 valence electrons. The van der Waals surface area contributed by atoms with E-state index < -0.39 is 0 Å². The van der Waals surface area contributed by atoms with E-state index in [1.807, 2.05) is 17.9 Å². The number of carbonyl (C=O) groups is 1. The van der Waals surface area contributed by atoms with E-state index in [0.29, 0.717) is 31.2 Å². The number of aryl methyl sites for hydroxylation is 2. The Morgan fingerprint density at radius 1 is 1.43 bits per heavy atom. The van der Waals surface area contributed by atoms with E-state index in [4.69, 9.17) is 4.74 Å². The van der Waals surface area contributed by atoms with Crippen LogP contribution in [0, 0.1) is 6.92 Å². The molecular formula is C16H19N5O2. The SMILES string of the molecule is Cc1nccc(C2CN(C(=O)c3n[nH]c4c3CCC4)CCO2)n1. The monoisotopic (exact) mass is 313 g/mol. The second-order valence-corrected chi connectivity index (χ2v) is 6.02. The summed E-state index contributed by atoms with van der Waals surface area (Å²) in [5, 5.41) is 7.25. The third-order valence-electron chi connectivity index (χ3n) is 4.49. The van der Waals surface area contributed by atoms with Gasteiger partial charge in [-0.2, -0.15) is 5.10 Å². The van der Waals surface area contributed by atoms with Gasteiger partial charge in [-0.1, -0.05) is 0 Å². The zero-order valence-electron chi connectivity index (χ0n) is 13.1. The molecule has 0 aromatic carbocycles.